The van der Waals surface area contributed by atoms with E-state index in [-0.39, 0.29) is 11.9 Å². The summed E-state index contributed by atoms with van der Waals surface area (Å²) in [5.41, 5.74) is 13.3. The van der Waals surface area contributed by atoms with E-state index < -0.39 is 0 Å². The van der Waals surface area contributed by atoms with Crippen LogP contribution in [0.1, 0.15) is 15.9 Å². The molecular weight excluding hydrogens is 482 g/mol. The maximum Gasteiger partial charge on any atom is 0.323 e. The fourth-order valence-electron chi connectivity index (χ4n) is 4.18. The lowest BCUT2D eigenvalue weighted by molar-refractivity contribution is 0.0963. The maximum absolute atomic E-state index is 12.4. The van der Waals surface area contributed by atoms with Crippen LogP contribution in [0.15, 0.2) is 84.4 Å². The van der Waals surface area contributed by atoms with Gasteiger partial charge in [0.15, 0.2) is 0 Å². The third kappa shape index (κ3) is 5.00. The number of thiophene rings is 1. The lowest BCUT2D eigenvalue weighted by Gasteiger charge is -2.10. The highest BCUT2D eigenvalue weighted by molar-refractivity contribution is 7.18. The van der Waals surface area contributed by atoms with Crippen LogP contribution in [0.2, 0.25) is 0 Å². The van der Waals surface area contributed by atoms with Gasteiger partial charge in [0.1, 0.15) is 5.82 Å². The van der Waals surface area contributed by atoms with Crippen molar-refractivity contribution in [3.8, 4) is 22.3 Å². The zero-order valence-electron chi connectivity index (χ0n) is 20.3. The summed E-state index contributed by atoms with van der Waals surface area (Å²) in [4.78, 5) is 28.8. The van der Waals surface area contributed by atoms with E-state index in [0.29, 0.717) is 17.1 Å². The van der Waals surface area contributed by atoms with Crippen molar-refractivity contribution in [3.05, 3.63) is 95.5 Å². The van der Waals surface area contributed by atoms with Crippen LogP contribution in [0.4, 0.5) is 22.0 Å². The Morgan fingerprint density at radius 2 is 1.54 bits per heavy atom. The second kappa shape index (κ2) is 10.1. The molecule has 0 aliphatic heterocycles. The van der Waals surface area contributed by atoms with E-state index in [4.69, 9.17) is 5.73 Å². The van der Waals surface area contributed by atoms with E-state index in [2.05, 4.69) is 26.3 Å². The Balaban J connectivity index is 1.39. The smallest absolute Gasteiger partial charge is 0.323 e. The van der Waals surface area contributed by atoms with Gasteiger partial charge in [0.05, 0.1) is 0 Å². The summed E-state index contributed by atoms with van der Waals surface area (Å²) in [6.07, 6.45) is 1.77. The average Bonchev–Trinajstić information content (AvgIpc) is 3.35. The molecule has 184 valence electrons. The molecule has 0 atom stereocenters. The van der Waals surface area contributed by atoms with Gasteiger partial charge in [0.2, 0.25) is 0 Å². The first-order valence-electron chi connectivity index (χ1n) is 11.7. The SMILES string of the molecule is CNC(=O)c1ccc(-c2cnc(N)c3c(-c4ccc(NC(=O)Nc5cccc(C)c5)cc4)csc23)cc1. The van der Waals surface area contributed by atoms with E-state index >= 15 is 0 Å². The first-order valence-corrected chi connectivity index (χ1v) is 12.5. The summed E-state index contributed by atoms with van der Waals surface area (Å²) in [5, 5.41) is 11.3. The highest BCUT2D eigenvalue weighted by Gasteiger charge is 2.16. The van der Waals surface area contributed by atoms with Gasteiger partial charge < -0.3 is 21.7 Å². The van der Waals surface area contributed by atoms with Crippen molar-refractivity contribution < 1.29 is 9.59 Å². The van der Waals surface area contributed by atoms with Gasteiger partial charge in [-0.1, -0.05) is 36.4 Å². The number of nitrogens with zero attached hydrogens (tertiary/aromatic N) is 1. The molecule has 0 aliphatic rings. The fraction of sp³-hybridized carbons (Fsp3) is 0.0690. The number of carbonyl (C=O) groups excluding carboxylic acids is 2. The monoisotopic (exact) mass is 507 g/mol. The lowest BCUT2D eigenvalue weighted by Crippen LogP contribution is -2.19. The largest absolute Gasteiger partial charge is 0.383 e. The number of anilines is 3. The molecule has 2 aromatic heterocycles. The number of benzene rings is 3. The molecule has 7 nitrogen and oxygen atoms in total. The van der Waals surface area contributed by atoms with E-state index in [0.717, 1.165) is 43.6 Å². The van der Waals surface area contributed by atoms with Gasteiger partial charge in [-0.25, -0.2) is 9.78 Å². The van der Waals surface area contributed by atoms with E-state index in [1.165, 1.54) is 0 Å². The predicted molar refractivity (Wildman–Crippen MR) is 152 cm³/mol. The van der Waals surface area contributed by atoms with Crippen molar-refractivity contribution in [2.45, 2.75) is 6.92 Å². The quantitative estimate of drug-likeness (QED) is 0.217. The molecule has 0 unspecified atom stereocenters. The van der Waals surface area contributed by atoms with Gasteiger partial charge in [-0.3, -0.25) is 4.79 Å². The first kappa shape index (κ1) is 24.0. The first-order chi connectivity index (χ1) is 17.9. The molecule has 8 heteroatoms. The zero-order chi connectivity index (χ0) is 25.9. The normalized spacial score (nSPS) is 10.8. The summed E-state index contributed by atoms with van der Waals surface area (Å²) < 4.78 is 1.02. The summed E-state index contributed by atoms with van der Waals surface area (Å²) >= 11 is 1.60. The molecule has 5 N–H and O–H groups in total. The van der Waals surface area contributed by atoms with Crippen molar-refractivity contribution in [2.75, 3.05) is 23.4 Å². The molecule has 3 aromatic carbocycles. The van der Waals surface area contributed by atoms with Crippen molar-refractivity contribution in [2.24, 2.45) is 0 Å². The number of urea groups is 1. The van der Waals surface area contributed by atoms with Gasteiger partial charge in [-0.15, -0.1) is 11.3 Å². The Kier molecular flexibility index (Phi) is 6.57. The Labute approximate surface area is 218 Å². The maximum atomic E-state index is 12.4. The van der Waals surface area contributed by atoms with Crippen LogP contribution in [-0.2, 0) is 0 Å². The van der Waals surface area contributed by atoms with Crippen molar-refractivity contribution in [1.29, 1.82) is 0 Å². The van der Waals surface area contributed by atoms with Crippen LogP contribution in [0.3, 0.4) is 0 Å². The second-order valence-electron chi connectivity index (χ2n) is 8.59. The lowest BCUT2D eigenvalue weighted by atomic mass is 10.0. The number of aryl methyl sites for hydroxylation is 1. The Hall–Kier alpha value is -4.69. The number of nitrogen functional groups attached to an aromatic ring is 1. The Morgan fingerprint density at radius 1 is 0.865 bits per heavy atom. The van der Waals surface area contributed by atoms with Crippen molar-refractivity contribution in [1.82, 2.24) is 10.3 Å². The third-order valence-corrected chi connectivity index (χ3v) is 7.05. The Morgan fingerprint density at radius 3 is 2.24 bits per heavy atom. The number of carbonyl (C=O) groups is 2. The second-order valence-corrected chi connectivity index (χ2v) is 9.47. The molecular formula is C29H25N5O2S. The minimum atomic E-state index is -0.306. The van der Waals surface area contributed by atoms with E-state index in [9.17, 15) is 9.59 Å². The van der Waals surface area contributed by atoms with Crippen LogP contribution in [0.5, 0.6) is 0 Å². The molecule has 0 aliphatic carbocycles. The number of nitrogens with two attached hydrogens (primary N) is 1. The molecule has 0 radical (unpaired) electrons. The number of hydrogen-bond donors (Lipinski definition) is 4. The van der Waals surface area contributed by atoms with Gasteiger partial charge in [0, 0.05) is 51.4 Å². The Bertz CT molecular complexity index is 1610. The standard InChI is InChI=1S/C29H25N5O2S/c1-17-4-3-5-22(14-17)34-29(36)33-21-12-10-19(11-13-21)24-16-37-26-23(15-32-27(30)25(24)26)18-6-8-20(9-7-18)28(35)31-2/h3-16H,1-2H3,(H2,30,32)(H,31,35)(H2,33,34,36). The number of hydrogen-bond acceptors (Lipinski definition) is 5. The van der Waals surface area contributed by atoms with Crippen LogP contribution >= 0.6 is 11.3 Å². The predicted octanol–water partition coefficient (Wildman–Crippen LogP) is 6.52. The third-order valence-electron chi connectivity index (χ3n) is 6.04. The molecule has 0 spiro atoms. The number of fused-ring (bicyclic) bond motifs is 1. The van der Waals surface area contributed by atoms with Crippen LogP contribution in [0.25, 0.3) is 32.3 Å². The average molecular weight is 508 g/mol. The molecule has 2 heterocycles. The van der Waals surface area contributed by atoms with Gasteiger partial charge in [-0.05, 0) is 65.4 Å². The number of amides is 3. The number of rotatable bonds is 5. The fourth-order valence-corrected chi connectivity index (χ4v) is 5.30. The topological polar surface area (TPSA) is 109 Å². The number of aromatic nitrogens is 1. The molecule has 0 saturated heterocycles. The molecule has 0 fully saturated rings. The number of pyridine rings is 1. The summed E-state index contributed by atoms with van der Waals surface area (Å²) in [6.45, 7) is 1.98. The minimum absolute atomic E-state index is 0.129. The van der Waals surface area contributed by atoms with Crippen molar-refractivity contribution >= 4 is 50.6 Å². The van der Waals surface area contributed by atoms with E-state index in [1.807, 2.05) is 67.6 Å². The number of nitrogens with one attached hydrogen (secondary N) is 3. The summed E-state index contributed by atoms with van der Waals surface area (Å²) in [6, 6.07) is 22.4. The van der Waals surface area contributed by atoms with Crippen molar-refractivity contribution in [3.63, 3.8) is 0 Å². The summed E-state index contributed by atoms with van der Waals surface area (Å²) in [5.74, 6) is 0.327. The highest BCUT2D eigenvalue weighted by atomic mass is 32.1. The summed E-state index contributed by atoms with van der Waals surface area (Å²) in [7, 11) is 1.61. The van der Waals surface area contributed by atoms with Gasteiger partial charge in [0.25, 0.3) is 5.91 Å². The van der Waals surface area contributed by atoms with Crippen LogP contribution < -0.4 is 21.7 Å². The zero-order valence-corrected chi connectivity index (χ0v) is 21.1. The molecule has 37 heavy (non-hydrogen) atoms. The molecule has 5 rings (SSSR count). The van der Waals surface area contributed by atoms with Gasteiger partial charge >= 0.3 is 6.03 Å². The molecule has 0 bridgehead atoms. The van der Waals surface area contributed by atoms with Gasteiger partial charge in [-0.2, -0.15) is 0 Å². The minimum Gasteiger partial charge on any atom is -0.383 e. The van der Waals surface area contributed by atoms with Crippen LogP contribution in [0, 0.1) is 6.92 Å². The highest BCUT2D eigenvalue weighted by Crippen LogP contribution is 2.41. The van der Waals surface area contributed by atoms with E-state index in [1.54, 1.807) is 36.7 Å². The molecule has 3 amide bonds. The molecule has 5 aromatic rings. The van der Waals surface area contributed by atoms with Crippen LogP contribution in [-0.4, -0.2) is 24.0 Å². The molecule has 0 saturated carbocycles.